The molecule has 27 heavy (non-hydrogen) atoms. The number of aliphatic carboxylic acids is 1. The van der Waals surface area contributed by atoms with Crippen molar-refractivity contribution in [3.8, 4) is 16.9 Å². The van der Waals surface area contributed by atoms with Gasteiger partial charge in [-0.25, -0.2) is 4.68 Å². The highest BCUT2D eigenvalue weighted by atomic mass is 79.9. The van der Waals surface area contributed by atoms with Crippen LogP contribution in [-0.4, -0.2) is 20.9 Å². The minimum Gasteiger partial charge on any atom is -0.481 e. The van der Waals surface area contributed by atoms with Crippen LogP contribution < -0.4 is 0 Å². The van der Waals surface area contributed by atoms with Crippen molar-refractivity contribution in [3.63, 3.8) is 0 Å². The molecule has 2 aromatic carbocycles. The van der Waals surface area contributed by atoms with Gasteiger partial charge in [0.1, 0.15) is 5.92 Å². The van der Waals surface area contributed by atoms with Crippen LogP contribution in [0.2, 0.25) is 10.0 Å². The van der Waals surface area contributed by atoms with Gasteiger partial charge < -0.3 is 5.11 Å². The predicted molar refractivity (Wildman–Crippen MR) is 110 cm³/mol. The molecule has 3 aromatic rings. The number of hydrogen-bond acceptors (Lipinski definition) is 2. The maximum Gasteiger partial charge on any atom is 0.312 e. The summed E-state index contributed by atoms with van der Waals surface area (Å²) in [6.07, 6.45) is 2.19. The third-order valence-electron chi connectivity index (χ3n) is 4.82. The fourth-order valence-corrected chi connectivity index (χ4v) is 4.34. The number of aromatic nitrogens is 2. The van der Waals surface area contributed by atoms with Crippen LogP contribution >= 0.6 is 39.1 Å². The van der Waals surface area contributed by atoms with Crippen LogP contribution in [0.1, 0.15) is 30.0 Å². The SMILES string of the molecule is O=C(O)[C@@H]1CCCc2c1nn(-c1ccc(Cl)cc1Cl)c2-c1ccc(Br)cc1. The van der Waals surface area contributed by atoms with Crippen LogP contribution in [-0.2, 0) is 11.2 Å². The van der Waals surface area contributed by atoms with E-state index in [9.17, 15) is 9.90 Å². The molecule has 1 N–H and O–H groups in total. The van der Waals surface area contributed by atoms with Crippen LogP contribution in [0.15, 0.2) is 46.9 Å². The number of rotatable bonds is 3. The molecule has 0 bridgehead atoms. The largest absolute Gasteiger partial charge is 0.481 e. The van der Waals surface area contributed by atoms with Crippen LogP contribution in [0.3, 0.4) is 0 Å². The van der Waals surface area contributed by atoms with Gasteiger partial charge >= 0.3 is 5.97 Å². The highest BCUT2D eigenvalue weighted by Crippen LogP contribution is 2.40. The summed E-state index contributed by atoms with van der Waals surface area (Å²) in [5.74, 6) is -1.44. The normalized spacial score (nSPS) is 16.2. The van der Waals surface area contributed by atoms with Gasteiger partial charge in [0.15, 0.2) is 0 Å². The van der Waals surface area contributed by atoms with Crippen molar-refractivity contribution in [2.24, 2.45) is 0 Å². The number of halogens is 3. The molecule has 0 fully saturated rings. The molecule has 1 aromatic heterocycles. The van der Waals surface area contributed by atoms with Gasteiger partial charge in [-0.1, -0.05) is 51.3 Å². The standard InChI is InChI=1S/C20H15BrCl2N2O2/c21-12-6-4-11(5-7-12)19-14-2-1-3-15(20(26)27)18(14)24-25(19)17-9-8-13(22)10-16(17)23/h4-10,15H,1-3H2,(H,26,27)/t15-/m1/s1. The van der Waals surface area contributed by atoms with Gasteiger partial charge in [-0.15, -0.1) is 0 Å². The van der Waals surface area contributed by atoms with Gasteiger partial charge in [0.05, 0.1) is 22.1 Å². The second-order valence-electron chi connectivity index (χ2n) is 6.51. The zero-order valence-corrected chi connectivity index (χ0v) is 17.2. The third-order valence-corrected chi connectivity index (χ3v) is 5.88. The van der Waals surface area contributed by atoms with E-state index in [1.54, 1.807) is 22.9 Å². The summed E-state index contributed by atoms with van der Waals surface area (Å²) >= 11 is 15.9. The lowest BCUT2D eigenvalue weighted by atomic mass is 9.86. The molecule has 0 radical (unpaired) electrons. The molecule has 0 saturated carbocycles. The number of hydrogen-bond donors (Lipinski definition) is 1. The Hall–Kier alpha value is -1.82. The Bertz CT molecular complexity index is 1030. The fourth-order valence-electron chi connectivity index (χ4n) is 3.59. The average Bonchev–Trinajstić information content (AvgIpc) is 3.01. The molecular weight excluding hydrogens is 451 g/mol. The average molecular weight is 466 g/mol. The molecule has 4 rings (SSSR count). The van der Waals surface area contributed by atoms with Crippen molar-refractivity contribution in [1.82, 2.24) is 9.78 Å². The molecule has 0 spiro atoms. The first-order chi connectivity index (χ1) is 13.0. The van der Waals surface area contributed by atoms with E-state index in [1.807, 2.05) is 24.3 Å². The topological polar surface area (TPSA) is 55.1 Å². The van der Waals surface area contributed by atoms with Gasteiger partial charge in [0.25, 0.3) is 0 Å². The molecule has 4 nitrogen and oxygen atoms in total. The zero-order chi connectivity index (χ0) is 19.1. The molecular formula is C20H15BrCl2N2O2. The first kappa shape index (κ1) is 18.5. The number of carboxylic acids is 1. The minimum atomic E-state index is -0.842. The van der Waals surface area contributed by atoms with Crippen LogP contribution in [0.4, 0.5) is 0 Å². The number of benzene rings is 2. The Labute approximate surface area is 174 Å². The Balaban J connectivity index is 1.99. The fraction of sp³-hybridized carbons (Fsp3) is 0.200. The van der Waals surface area contributed by atoms with Crippen molar-refractivity contribution in [1.29, 1.82) is 0 Å². The number of carboxylic acid groups (broad SMARTS) is 1. The first-order valence-electron chi connectivity index (χ1n) is 8.51. The number of carbonyl (C=O) groups is 1. The lowest BCUT2D eigenvalue weighted by Gasteiger charge is -2.18. The summed E-state index contributed by atoms with van der Waals surface area (Å²) in [5.41, 5.74) is 4.12. The van der Waals surface area contributed by atoms with E-state index in [0.717, 1.165) is 34.1 Å². The second kappa shape index (κ2) is 7.30. The smallest absolute Gasteiger partial charge is 0.312 e. The van der Waals surface area contributed by atoms with E-state index in [-0.39, 0.29) is 0 Å². The Morgan fingerprint density at radius 2 is 1.93 bits per heavy atom. The predicted octanol–water partition coefficient (Wildman–Crippen LogP) is 6.11. The molecule has 7 heteroatoms. The summed E-state index contributed by atoms with van der Waals surface area (Å²) in [5, 5.41) is 15.4. The van der Waals surface area contributed by atoms with Crippen molar-refractivity contribution < 1.29 is 9.90 Å². The first-order valence-corrected chi connectivity index (χ1v) is 10.1. The molecule has 0 saturated heterocycles. The molecule has 1 aliphatic carbocycles. The van der Waals surface area contributed by atoms with Crippen molar-refractivity contribution in [2.75, 3.05) is 0 Å². The zero-order valence-electron chi connectivity index (χ0n) is 14.1. The lowest BCUT2D eigenvalue weighted by molar-refractivity contribution is -0.139. The highest BCUT2D eigenvalue weighted by Gasteiger charge is 2.33. The maximum atomic E-state index is 11.8. The highest BCUT2D eigenvalue weighted by molar-refractivity contribution is 9.10. The van der Waals surface area contributed by atoms with Gasteiger partial charge in [-0.2, -0.15) is 5.10 Å². The van der Waals surface area contributed by atoms with Crippen molar-refractivity contribution in [3.05, 3.63) is 68.2 Å². The summed E-state index contributed by atoms with van der Waals surface area (Å²) in [7, 11) is 0. The van der Waals surface area contributed by atoms with Crippen LogP contribution in [0, 0.1) is 0 Å². The van der Waals surface area contributed by atoms with Crippen molar-refractivity contribution in [2.45, 2.75) is 25.2 Å². The molecule has 138 valence electrons. The lowest BCUT2D eigenvalue weighted by Crippen LogP contribution is -2.17. The summed E-state index contributed by atoms with van der Waals surface area (Å²) in [6, 6.07) is 13.1. The van der Waals surface area contributed by atoms with Crippen LogP contribution in [0.25, 0.3) is 16.9 Å². The van der Waals surface area contributed by atoms with E-state index in [2.05, 4.69) is 15.9 Å². The van der Waals surface area contributed by atoms with E-state index in [1.165, 1.54) is 0 Å². The molecule has 0 amide bonds. The third kappa shape index (κ3) is 3.40. The number of fused-ring (bicyclic) bond motifs is 1. The van der Waals surface area contributed by atoms with E-state index in [4.69, 9.17) is 28.3 Å². The van der Waals surface area contributed by atoms with E-state index >= 15 is 0 Å². The van der Waals surface area contributed by atoms with Gasteiger partial charge in [-0.05, 0) is 49.6 Å². The van der Waals surface area contributed by atoms with Gasteiger partial charge in [-0.3, -0.25) is 4.79 Å². The number of nitrogens with zero attached hydrogens (tertiary/aromatic N) is 2. The quantitative estimate of drug-likeness (QED) is 0.507. The summed E-state index contributed by atoms with van der Waals surface area (Å²) < 4.78 is 2.73. The second-order valence-corrected chi connectivity index (χ2v) is 8.27. The van der Waals surface area contributed by atoms with Gasteiger partial charge in [0, 0.05) is 20.6 Å². The molecule has 0 unspecified atom stereocenters. The maximum absolute atomic E-state index is 11.8. The summed E-state index contributed by atoms with van der Waals surface area (Å²) in [4.78, 5) is 11.8. The minimum absolute atomic E-state index is 0.465. The van der Waals surface area contributed by atoms with E-state index in [0.29, 0.717) is 27.8 Å². The van der Waals surface area contributed by atoms with Crippen LogP contribution in [0.5, 0.6) is 0 Å². The summed E-state index contributed by atoms with van der Waals surface area (Å²) in [6.45, 7) is 0. The monoisotopic (exact) mass is 464 g/mol. The Kier molecular flexibility index (Phi) is 5.01. The molecule has 1 aliphatic rings. The molecule has 1 atom stereocenters. The van der Waals surface area contributed by atoms with Crippen molar-refractivity contribution >= 4 is 45.1 Å². The van der Waals surface area contributed by atoms with E-state index < -0.39 is 11.9 Å². The molecule has 0 aliphatic heterocycles. The molecule has 1 heterocycles. The Morgan fingerprint density at radius 3 is 2.59 bits per heavy atom. The van der Waals surface area contributed by atoms with Gasteiger partial charge in [0.2, 0.25) is 0 Å². The Morgan fingerprint density at radius 1 is 1.19 bits per heavy atom.